The zero-order valence-electron chi connectivity index (χ0n) is 29.7. The van der Waals surface area contributed by atoms with Crippen LogP contribution in [0.5, 0.6) is 5.75 Å². The maximum atomic E-state index is 13.0. The largest absolute Gasteiger partial charge is 0.493 e. The highest BCUT2D eigenvalue weighted by Crippen LogP contribution is 2.35. The molecule has 1 aliphatic heterocycles. The number of hydrogen-bond acceptors (Lipinski definition) is 3. The number of ether oxygens (including phenoxy) is 1. The summed E-state index contributed by atoms with van der Waals surface area (Å²) in [4.78, 5) is 19.4. The van der Waals surface area contributed by atoms with Crippen LogP contribution in [0.15, 0.2) is 59.1 Å². The van der Waals surface area contributed by atoms with Crippen molar-refractivity contribution in [2.75, 3.05) is 18.1 Å². The summed E-state index contributed by atoms with van der Waals surface area (Å²) in [6.45, 7) is 17.2. The molecule has 1 unspecified atom stereocenters. The minimum atomic E-state index is -0.0230. The third-order valence-electron chi connectivity index (χ3n) is 9.47. The van der Waals surface area contributed by atoms with Crippen molar-refractivity contribution in [2.24, 2.45) is 10.4 Å². The zero-order chi connectivity index (χ0) is 32.7. The van der Waals surface area contributed by atoms with Gasteiger partial charge in [-0.15, -0.1) is 0 Å². The van der Waals surface area contributed by atoms with Gasteiger partial charge in [0.2, 0.25) is 5.91 Å². The standard InChI is InChI=1S/C41H62N2O2/c1-8-9-10-11-12-13-14-15-16-17-18-19-27-45-39-29-36(23-24-38(39)40(4,5)6)31-43(34(3)44)37-22-20-21-35(28-37)30-41(7)32-42-26-25-33(41)2/h20-26,28-29H,8-19,27,30-32H2,1-7H3. The lowest BCUT2D eigenvalue weighted by molar-refractivity contribution is -0.116. The molecule has 248 valence electrons. The molecule has 0 spiro atoms. The predicted molar refractivity (Wildman–Crippen MR) is 194 cm³/mol. The van der Waals surface area contributed by atoms with E-state index in [9.17, 15) is 4.79 Å². The van der Waals surface area contributed by atoms with E-state index < -0.39 is 0 Å². The fourth-order valence-corrected chi connectivity index (χ4v) is 6.32. The Morgan fingerprint density at radius 3 is 2.13 bits per heavy atom. The predicted octanol–water partition coefficient (Wildman–Crippen LogP) is 11.2. The van der Waals surface area contributed by atoms with Gasteiger partial charge in [-0.1, -0.05) is 135 Å². The molecular formula is C41H62N2O2. The minimum absolute atomic E-state index is 0.00297. The Morgan fingerprint density at radius 2 is 1.53 bits per heavy atom. The molecule has 0 saturated carbocycles. The van der Waals surface area contributed by atoms with E-state index >= 15 is 0 Å². The molecule has 0 bridgehead atoms. The van der Waals surface area contributed by atoms with E-state index in [-0.39, 0.29) is 16.7 Å². The van der Waals surface area contributed by atoms with Crippen LogP contribution in [0.4, 0.5) is 5.69 Å². The van der Waals surface area contributed by atoms with Crippen LogP contribution >= 0.6 is 0 Å². The van der Waals surface area contributed by atoms with Crippen molar-refractivity contribution in [3.05, 3.63) is 70.8 Å². The van der Waals surface area contributed by atoms with Crippen LogP contribution in [-0.2, 0) is 23.2 Å². The van der Waals surface area contributed by atoms with Crippen LogP contribution in [0.2, 0.25) is 0 Å². The van der Waals surface area contributed by atoms with E-state index in [1.54, 1.807) is 6.92 Å². The van der Waals surface area contributed by atoms with Gasteiger partial charge in [-0.2, -0.15) is 0 Å². The lowest BCUT2D eigenvalue weighted by atomic mass is 9.76. The molecule has 3 rings (SSSR count). The summed E-state index contributed by atoms with van der Waals surface area (Å²) < 4.78 is 6.45. The first kappa shape index (κ1) is 36.6. The van der Waals surface area contributed by atoms with Gasteiger partial charge in [0.05, 0.1) is 13.2 Å². The van der Waals surface area contributed by atoms with Gasteiger partial charge in [0.1, 0.15) is 5.75 Å². The number of anilines is 1. The SMILES string of the molecule is CCCCCCCCCCCCCCOc1cc(CN(C(C)=O)c2cccc(CC3(C)CN=CC=C3C)c2)ccc1C(C)(C)C. The van der Waals surface area contributed by atoms with Gasteiger partial charge in [0.25, 0.3) is 0 Å². The monoisotopic (exact) mass is 614 g/mol. The van der Waals surface area contributed by atoms with E-state index in [1.807, 2.05) is 17.2 Å². The number of carbonyl (C=O) groups is 1. The van der Waals surface area contributed by atoms with Crippen LogP contribution in [0.25, 0.3) is 0 Å². The summed E-state index contributed by atoms with van der Waals surface area (Å²) in [6.07, 6.45) is 21.0. The van der Waals surface area contributed by atoms with Crippen LogP contribution in [0.1, 0.15) is 142 Å². The normalized spacial score (nSPS) is 16.5. The van der Waals surface area contributed by atoms with Crippen LogP contribution in [0, 0.1) is 5.41 Å². The van der Waals surface area contributed by atoms with Crippen LogP contribution < -0.4 is 9.64 Å². The highest BCUT2D eigenvalue weighted by Gasteiger charge is 2.28. The molecule has 0 radical (unpaired) electrons. The lowest BCUT2D eigenvalue weighted by Crippen LogP contribution is -2.29. The molecule has 1 heterocycles. The molecule has 45 heavy (non-hydrogen) atoms. The number of hydrogen-bond donors (Lipinski definition) is 0. The first-order chi connectivity index (χ1) is 21.5. The fraction of sp³-hybridized carbons (Fsp3) is 0.610. The van der Waals surface area contributed by atoms with E-state index in [0.717, 1.165) is 43.0 Å². The Kier molecular flexibility index (Phi) is 14.9. The number of nitrogens with zero attached hydrogens (tertiary/aromatic N) is 2. The smallest absolute Gasteiger partial charge is 0.224 e. The molecule has 0 aliphatic carbocycles. The van der Waals surface area contributed by atoms with Crippen molar-refractivity contribution in [1.82, 2.24) is 0 Å². The average Bonchev–Trinajstić information content (AvgIpc) is 2.99. The van der Waals surface area contributed by atoms with Crippen molar-refractivity contribution >= 4 is 17.8 Å². The Balaban J connectivity index is 1.57. The zero-order valence-corrected chi connectivity index (χ0v) is 29.7. The summed E-state index contributed by atoms with van der Waals surface area (Å²) in [5.74, 6) is 0.990. The minimum Gasteiger partial charge on any atom is -0.493 e. The Morgan fingerprint density at radius 1 is 0.889 bits per heavy atom. The number of unbranched alkanes of at least 4 members (excludes halogenated alkanes) is 11. The molecular weight excluding hydrogens is 552 g/mol. The number of dihydropyridines is 1. The topological polar surface area (TPSA) is 41.9 Å². The second-order valence-electron chi connectivity index (χ2n) is 14.7. The summed E-state index contributed by atoms with van der Waals surface area (Å²) in [5, 5.41) is 0. The maximum Gasteiger partial charge on any atom is 0.224 e. The molecule has 0 N–H and O–H groups in total. The lowest BCUT2D eigenvalue weighted by Gasteiger charge is -2.31. The third-order valence-corrected chi connectivity index (χ3v) is 9.47. The van der Waals surface area contributed by atoms with E-state index in [2.05, 4.69) is 89.0 Å². The second-order valence-corrected chi connectivity index (χ2v) is 14.7. The number of carbonyl (C=O) groups excluding carboxylic acids is 1. The van der Waals surface area contributed by atoms with Crippen molar-refractivity contribution in [1.29, 1.82) is 0 Å². The molecule has 4 nitrogen and oxygen atoms in total. The van der Waals surface area contributed by atoms with Gasteiger partial charge < -0.3 is 9.64 Å². The molecule has 0 fully saturated rings. The number of amides is 1. The first-order valence-corrected chi connectivity index (χ1v) is 17.8. The molecule has 1 amide bonds. The number of benzene rings is 2. The van der Waals surface area contributed by atoms with Gasteiger partial charge in [-0.05, 0) is 66.1 Å². The van der Waals surface area contributed by atoms with Crippen molar-refractivity contribution in [3.8, 4) is 5.75 Å². The Hall–Kier alpha value is -2.88. The fourth-order valence-electron chi connectivity index (χ4n) is 6.32. The molecule has 2 aromatic rings. The number of allylic oxidation sites excluding steroid dienone is 1. The quantitative estimate of drug-likeness (QED) is 0.148. The van der Waals surface area contributed by atoms with Gasteiger partial charge in [-0.25, -0.2) is 0 Å². The van der Waals surface area contributed by atoms with E-state index in [1.165, 1.54) is 87.3 Å². The second kappa shape index (κ2) is 18.3. The van der Waals surface area contributed by atoms with Gasteiger partial charge >= 0.3 is 0 Å². The highest BCUT2D eigenvalue weighted by atomic mass is 16.5. The van der Waals surface area contributed by atoms with Gasteiger partial charge in [0, 0.05) is 30.8 Å². The molecule has 4 heteroatoms. The highest BCUT2D eigenvalue weighted by molar-refractivity contribution is 5.91. The average molecular weight is 615 g/mol. The summed E-state index contributed by atoms with van der Waals surface area (Å²) in [5.41, 5.74) is 5.78. The first-order valence-electron chi connectivity index (χ1n) is 17.8. The van der Waals surface area contributed by atoms with Crippen LogP contribution in [-0.4, -0.2) is 25.3 Å². The number of rotatable bonds is 19. The van der Waals surface area contributed by atoms with E-state index in [0.29, 0.717) is 6.54 Å². The summed E-state index contributed by atoms with van der Waals surface area (Å²) in [7, 11) is 0. The molecule has 0 aromatic heterocycles. The van der Waals surface area contributed by atoms with Gasteiger partial charge in [-0.3, -0.25) is 9.79 Å². The maximum absolute atomic E-state index is 13.0. The molecule has 0 saturated heterocycles. The van der Waals surface area contributed by atoms with Crippen molar-refractivity contribution in [3.63, 3.8) is 0 Å². The summed E-state index contributed by atoms with van der Waals surface area (Å²) in [6, 6.07) is 15.0. The molecule has 1 atom stereocenters. The van der Waals surface area contributed by atoms with Crippen molar-refractivity contribution in [2.45, 2.75) is 144 Å². The molecule has 2 aromatic carbocycles. The van der Waals surface area contributed by atoms with E-state index in [4.69, 9.17) is 4.74 Å². The Labute approximate surface area is 275 Å². The third kappa shape index (κ3) is 12.1. The Bertz CT molecular complexity index is 1250. The summed E-state index contributed by atoms with van der Waals surface area (Å²) >= 11 is 0. The van der Waals surface area contributed by atoms with Crippen molar-refractivity contribution < 1.29 is 9.53 Å². The van der Waals surface area contributed by atoms with Gasteiger partial charge in [0.15, 0.2) is 0 Å². The molecule has 1 aliphatic rings. The number of aliphatic imine (C=N–C) groups is 1. The van der Waals surface area contributed by atoms with Crippen LogP contribution in [0.3, 0.4) is 0 Å².